The van der Waals surface area contributed by atoms with E-state index in [2.05, 4.69) is 27.8 Å². The number of nitrogens with zero attached hydrogens (tertiary/aromatic N) is 2. The summed E-state index contributed by atoms with van der Waals surface area (Å²) in [6, 6.07) is 7.99. The van der Waals surface area contributed by atoms with Crippen molar-refractivity contribution in [3.63, 3.8) is 0 Å². The van der Waals surface area contributed by atoms with Crippen LogP contribution in [0.15, 0.2) is 42.0 Å². The minimum absolute atomic E-state index is 0.163. The van der Waals surface area contributed by atoms with Gasteiger partial charge in [-0.05, 0) is 54.3 Å². The van der Waals surface area contributed by atoms with E-state index in [1.165, 1.54) is 33.8 Å². The van der Waals surface area contributed by atoms with Crippen LogP contribution < -0.4 is 11.1 Å². The number of amides is 1. The highest BCUT2D eigenvalue weighted by atomic mass is 32.1. The van der Waals surface area contributed by atoms with Crippen molar-refractivity contribution < 1.29 is 4.79 Å². The Balaban J connectivity index is 1.59. The second-order valence-corrected chi connectivity index (χ2v) is 9.11. The summed E-state index contributed by atoms with van der Waals surface area (Å²) in [6.07, 6.45) is 7.80. The van der Waals surface area contributed by atoms with Crippen LogP contribution >= 0.6 is 22.7 Å². The van der Waals surface area contributed by atoms with Crippen LogP contribution in [0.25, 0.3) is 20.7 Å². The molecule has 5 rings (SSSR count). The number of carbonyl (C=O) groups excluding carboxylic acids is 1. The fourth-order valence-corrected chi connectivity index (χ4v) is 5.78. The van der Waals surface area contributed by atoms with Crippen LogP contribution in [0.4, 0.5) is 5.69 Å². The van der Waals surface area contributed by atoms with E-state index in [1.807, 2.05) is 12.1 Å². The summed E-state index contributed by atoms with van der Waals surface area (Å²) in [5.74, 6) is -0.163. The number of nitrogens with one attached hydrogen (secondary N) is 1. The summed E-state index contributed by atoms with van der Waals surface area (Å²) < 4.78 is 0. The third-order valence-electron chi connectivity index (χ3n) is 5.30. The predicted molar refractivity (Wildman–Crippen MR) is 119 cm³/mol. The number of aryl methyl sites for hydroxylation is 1. The summed E-state index contributed by atoms with van der Waals surface area (Å²) in [5.41, 5.74) is 11.7. The molecule has 0 radical (unpaired) electrons. The Labute approximate surface area is 176 Å². The number of hydrogen-bond acceptors (Lipinski definition) is 6. The maximum Gasteiger partial charge on any atom is 0.263 e. The molecule has 146 valence electrons. The Morgan fingerprint density at radius 3 is 2.90 bits per heavy atom. The van der Waals surface area contributed by atoms with Gasteiger partial charge in [-0.3, -0.25) is 9.78 Å². The quantitative estimate of drug-likeness (QED) is 0.496. The van der Waals surface area contributed by atoms with Crippen molar-refractivity contribution in [2.75, 3.05) is 5.73 Å². The maximum atomic E-state index is 12.9. The lowest BCUT2D eigenvalue weighted by atomic mass is 9.90. The van der Waals surface area contributed by atoms with Gasteiger partial charge in [-0.15, -0.1) is 22.7 Å². The van der Waals surface area contributed by atoms with Crippen LogP contribution in [0.3, 0.4) is 0 Å². The molecule has 3 N–H and O–H groups in total. The SMILES string of the molecule is Nc1c(C(=O)NCc2cccnc2)sc2nc3c(c(-c4cccs4)c12)CCCC3. The smallest absolute Gasteiger partial charge is 0.263 e. The van der Waals surface area contributed by atoms with Gasteiger partial charge in [0.05, 0.1) is 5.69 Å². The van der Waals surface area contributed by atoms with Crippen molar-refractivity contribution in [3.05, 3.63) is 63.7 Å². The molecule has 1 amide bonds. The van der Waals surface area contributed by atoms with E-state index in [0.717, 1.165) is 40.7 Å². The fourth-order valence-electron chi connectivity index (χ4n) is 3.93. The van der Waals surface area contributed by atoms with Crippen LogP contribution in [0, 0.1) is 0 Å². The van der Waals surface area contributed by atoms with E-state index in [1.54, 1.807) is 23.7 Å². The molecule has 1 aliphatic rings. The van der Waals surface area contributed by atoms with E-state index in [4.69, 9.17) is 10.7 Å². The number of fused-ring (bicyclic) bond motifs is 2. The standard InChI is InChI=1S/C22H20N4OS2/c23-19-18-17(16-8-4-10-28-16)14-6-1-2-7-15(14)26-22(18)29-20(19)21(27)25-12-13-5-3-9-24-11-13/h3-5,8-11H,1-2,6-7,12,23H2,(H,25,27). The third kappa shape index (κ3) is 3.30. The zero-order valence-corrected chi connectivity index (χ0v) is 17.4. The van der Waals surface area contributed by atoms with Crippen LogP contribution in [0.2, 0.25) is 0 Å². The topological polar surface area (TPSA) is 80.9 Å². The van der Waals surface area contributed by atoms with E-state index >= 15 is 0 Å². The van der Waals surface area contributed by atoms with Gasteiger partial charge < -0.3 is 11.1 Å². The average molecular weight is 421 g/mol. The highest BCUT2D eigenvalue weighted by Gasteiger charge is 2.26. The lowest BCUT2D eigenvalue weighted by molar-refractivity contribution is 0.0956. The summed E-state index contributed by atoms with van der Waals surface area (Å²) >= 11 is 3.10. The molecule has 4 heterocycles. The molecule has 0 unspecified atom stereocenters. The predicted octanol–water partition coefficient (Wildman–Crippen LogP) is 4.81. The molecule has 0 saturated carbocycles. The summed E-state index contributed by atoms with van der Waals surface area (Å²) in [6.45, 7) is 0.419. The van der Waals surface area contributed by atoms with E-state index in [-0.39, 0.29) is 5.91 Å². The van der Waals surface area contributed by atoms with Gasteiger partial charge in [0.1, 0.15) is 9.71 Å². The van der Waals surface area contributed by atoms with Crippen LogP contribution in [0.5, 0.6) is 0 Å². The minimum Gasteiger partial charge on any atom is -0.397 e. The molecule has 0 saturated heterocycles. The van der Waals surface area contributed by atoms with Crippen molar-refractivity contribution in [1.29, 1.82) is 0 Å². The summed E-state index contributed by atoms with van der Waals surface area (Å²) in [7, 11) is 0. The molecule has 5 nitrogen and oxygen atoms in total. The summed E-state index contributed by atoms with van der Waals surface area (Å²) in [5, 5.41) is 5.99. The van der Waals surface area contributed by atoms with Gasteiger partial charge in [-0.25, -0.2) is 4.98 Å². The first-order chi connectivity index (χ1) is 14.2. The van der Waals surface area contributed by atoms with Gasteiger partial charge in [0, 0.05) is 40.5 Å². The minimum atomic E-state index is -0.163. The second-order valence-electron chi connectivity index (χ2n) is 7.17. The molecule has 0 spiro atoms. The molecule has 0 bridgehead atoms. The van der Waals surface area contributed by atoms with Crippen LogP contribution in [0.1, 0.15) is 39.3 Å². The molecule has 1 aliphatic carbocycles. The molecule has 0 aliphatic heterocycles. The van der Waals surface area contributed by atoms with Gasteiger partial charge >= 0.3 is 0 Å². The van der Waals surface area contributed by atoms with Gasteiger partial charge in [0.15, 0.2) is 0 Å². The van der Waals surface area contributed by atoms with Crippen molar-refractivity contribution in [1.82, 2.24) is 15.3 Å². The Kier molecular flexibility index (Phi) is 4.77. The highest BCUT2D eigenvalue weighted by molar-refractivity contribution is 7.21. The molecule has 4 aromatic rings. The number of nitrogens with two attached hydrogens (primary N) is 1. The highest BCUT2D eigenvalue weighted by Crippen LogP contribution is 2.44. The number of carbonyl (C=O) groups is 1. The number of aromatic nitrogens is 2. The maximum absolute atomic E-state index is 12.9. The first-order valence-corrected chi connectivity index (χ1v) is 11.4. The van der Waals surface area contributed by atoms with E-state index < -0.39 is 0 Å². The van der Waals surface area contributed by atoms with E-state index in [9.17, 15) is 4.79 Å². The van der Waals surface area contributed by atoms with E-state index in [0.29, 0.717) is 17.1 Å². The molecule has 7 heteroatoms. The van der Waals surface area contributed by atoms with Crippen molar-refractivity contribution in [2.45, 2.75) is 32.2 Å². The zero-order chi connectivity index (χ0) is 19.8. The average Bonchev–Trinajstić information content (AvgIpc) is 3.40. The molecule has 0 atom stereocenters. The third-order valence-corrected chi connectivity index (χ3v) is 7.29. The monoisotopic (exact) mass is 420 g/mol. The number of thiophene rings is 2. The number of nitrogen functional groups attached to an aromatic ring is 1. The Hall–Kier alpha value is -2.77. The normalized spacial score (nSPS) is 13.4. The molecule has 0 aromatic carbocycles. The molecular formula is C22H20N4OS2. The first-order valence-electron chi connectivity index (χ1n) is 9.67. The van der Waals surface area contributed by atoms with Crippen LogP contribution in [-0.2, 0) is 19.4 Å². The van der Waals surface area contributed by atoms with Crippen LogP contribution in [-0.4, -0.2) is 15.9 Å². The van der Waals surface area contributed by atoms with Crippen molar-refractivity contribution in [2.24, 2.45) is 0 Å². The van der Waals surface area contributed by atoms with Gasteiger partial charge in [-0.1, -0.05) is 12.1 Å². The molecule has 0 fully saturated rings. The molecular weight excluding hydrogens is 400 g/mol. The molecule has 29 heavy (non-hydrogen) atoms. The Morgan fingerprint density at radius 1 is 1.21 bits per heavy atom. The summed E-state index contributed by atoms with van der Waals surface area (Å²) in [4.78, 5) is 24.5. The fraction of sp³-hybridized carbons (Fsp3) is 0.227. The number of anilines is 1. The van der Waals surface area contributed by atoms with Gasteiger partial charge in [0.2, 0.25) is 0 Å². The second kappa shape index (κ2) is 7.57. The van der Waals surface area contributed by atoms with Gasteiger partial charge in [0.25, 0.3) is 5.91 Å². The first kappa shape index (κ1) is 18.3. The molecule has 4 aromatic heterocycles. The number of rotatable bonds is 4. The number of hydrogen-bond donors (Lipinski definition) is 2. The van der Waals surface area contributed by atoms with Gasteiger partial charge in [-0.2, -0.15) is 0 Å². The van der Waals surface area contributed by atoms with Crippen molar-refractivity contribution in [3.8, 4) is 10.4 Å². The lowest BCUT2D eigenvalue weighted by Crippen LogP contribution is -2.22. The van der Waals surface area contributed by atoms with Crippen molar-refractivity contribution >= 4 is 44.5 Å². The zero-order valence-electron chi connectivity index (χ0n) is 15.8. The Morgan fingerprint density at radius 2 is 2.10 bits per heavy atom. The largest absolute Gasteiger partial charge is 0.397 e. The lowest BCUT2D eigenvalue weighted by Gasteiger charge is -2.19. The Bertz CT molecular complexity index is 1180. The number of pyridine rings is 2.